The topological polar surface area (TPSA) is 29.5 Å². The summed E-state index contributed by atoms with van der Waals surface area (Å²) in [6.07, 6.45) is 1.65. The molecular weight excluding hydrogens is 361 g/mol. The van der Waals surface area contributed by atoms with Gasteiger partial charge in [0.25, 0.3) is 5.91 Å². The van der Waals surface area contributed by atoms with E-state index in [1.54, 1.807) is 24.2 Å². The summed E-state index contributed by atoms with van der Waals surface area (Å²) in [7, 11) is 1.60. The molecule has 0 aliphatic rings. The molecular formula is C18H17BrFNO2. The molecule has 0 saturated heterocycles. The molecule has 0 radical (unpaired) electrons. The third-order valence-electron chi connectivity index (χ3n) is 3.28. The minimum Gasteiger partial charge on any atom is -0.497 e. The fourth-order valence-electron chi connectivity index (χ4n) is 2.19. The molecule has 0 aliphatic carbocycles. The van der Waals surface area contributed by atoms with E-state index >= 15 is 0 Å². The number of halogens is 2. The third-order valence-corrected chi connectivity index (χ3v) is 3.74. The molecule has 0 bridgehead atoms. The maximum Gasteiger partial charge on any atom is 0.254 e. The van der Waals surface area contributed by atoms with Crippen molar-refractivity contribution in [3.05, 3.63) is 76.5 Å². The van der Waals surface area contributed by atoms with E-state index in [0.29, 0.717) is 23.1 Å². The molecule has 0 atom stereocenters. The Labute approximate surface area is 143 Å². The Balaban J connectivity index is 2.22. The van der Waals surface area contributed by atoms with E-state index in [2.05, 4.69) is 22.5 Å². The number of carbonyl (C=O) groups is 1. The zero-order valence-electron chi connectivity index (χ0n) is 12.8. The van der Waals surface area contributed by atoms with E-state index in [9.17, 15) is 9.18 Å². The largest absolute Gasteiger partial charge is 0.497 e. The lowest BCUT2D eigenvalue weighted by molar-refractivity contribution is 0.0762. The van der Waals surface area contributed by atoms with Gasteiger partial charge in [-0.3, -0.25) is 4.79 Å². The SMILES string of the molecule is C=CCN(Cc1ccc(OC)cc1)C(=O)c1cc(F)cc(Br)c1. The lowest BCUT2D eigenvalue weighted by Crippen LogP contribution is -2.30. The predicted molar refractivity (Wildman–Crippen MR) is 92.0 cm³/mol. The van der Waals surface area contributed by atoms with Gasteiger partial charge in [0, 0.05) is 23.1 Å². The molecule has 3 nitrogen and oxygen atoms in total. The van der Waals surface area contributed by atoms with Crippen LogP contribution in [0.1, 0.15) is 15.9 Å². The molecule has 0 unspecified atom stereocenters. The molecule has 0 spiro atoms. The number of carbonyl (C=O) groups excluding carboxylic acids is 1. The average Bonchev–Trinajstić information content (AvgIpc) is 2.53. The van der Waals surface area contributed by atoms with Gasteiger partial charge in [0.1, 0.15) is 11.6 Å². The van der Waals surface area contributed by atoms with E-state index < -0.39 is 5.82 Å². The zero-order valence-corrected chi connectivity index (χ0v) is 14.3. The first kappa shape index (κ1) is 17.2. The molecule has 23 heavy (non-hydrogen) atoms. The van der Waals surface area contributed by atoms with Crippen molar-refractivity contribution in [2.75, 3.05) is 13.7 Å². The van der Waals surface area contributed by atoms with Crippen LogP contribution in [0, 0.1) is 5.82 Å². The first-order valence-electron chi connectivity index (χ1n) is 7.02. The highest BCUT2D eigenvalue weighted by molar-refractivity contribution is 9.10. The van der Waals surface area contributed by atoms with Crippen molar-refractivity contribution in [2.24, 2.45) is 0 Å². The van der Waals surface area contributed by atoms with Crippen LogP contribution in [0.4, 0.5) is 4.39 Å². The molecule has 1 amide bonds. The van der Waals surface area contributed by atoms with Crippen molar-refractivity contribution in [2.45, 2.75) is 6.54 Å². The molecule has 2 rings (SSSR count). The van der Waals surface area contributed by atoms with Crippen LogP contribution in [0.25, 0.3) is 0 Å². The minimum atomic E-state index is -0.453. The molecule has 5 heteroatoms. The van der Waals surface area contributed by atoms with Crippen molar-refractivity contribution in [1.82, 2.24) is 4.90 Å². The zero-order chi connectivity index (χ0) is 16.8. The van der Waals surface area contributed by atoms with Crippen LogP contribution in [0.5, 0.6) is 5.75 Å². The van der Waals surface area contributed by atoms with E-state index in [-0.39, 0.29) is 5.91 Å². The summed E-state index contributed by atoms with van der Waals surface area (Å²) in [5.74, 6) is 0.0519. The summed E-state index contributed by atoms with van der Waals surface area (Å²) in [6, 6.07) is 11.6. The van der Waals surface area contributed by atoms with Gasteiger partial charge in [0.2, 0.25) is 0 Å². The number of hydrogen-bond donors (Lipinski definition) is 0. The van der Waals surface area contributed by atoms with Gasteiger partial charge >= 0.3 is 0 Å². The highest BCUT2D eigenvalue weighted by Gasteiger charge is 2.16. The summed E-state index contributed by atoms with van der Waals surface area (Å²) in [5.41, 5.74) is 1.25. The summed E-state index contributed by atoms with van der Waals surface area (Å²) < 4.78 is 19.2. The maximum absolute atomic E-state index is 13.5. The molecule has 0 aromatic heterocycles. The second kappa shape index (κ2) is 7.92. The van der Waals surface area contributed by atoms with Crippen molar-refractivity contribution in [3.8, 4) is 5.75 Å². The molecule has 0 saturated carbocycles. The number of hydrogen-bond acceptors (Lipinski definition) is 2. The Morgan fingerprint density at radius 1 is 1.30 bits per heavy atom. The van der Waals surface area contributed by atoms with E-state index in [1.165, 1.54) is 12.1 Å². The average molecular weight is 378 g/mol. The molecule has 0 heterocycles. The number of benzene rings is 2. The molecule has 2 aromatic carbocycles. The van der Waals surface area contributed by atoms with Gasteiger partial charge in [-0.15, -0.1) is 6.58 Å². The van der Waals surface area contributed by atoms with E-state index in [1.807, 2.05) is 24.3 Å². The lowest BCUT2D eigenvalue weighted by Gasteiger charge is -2.21. The van der Waals surface area contributed by atoms with Crippen LogP contribution in [0.15, 0.2) is 59.6 Å². The molecule has 120 valence electrons. The molecule has 0 aliphatic heterocycles. The maximum atomic E-state index is 13.5. The van der Waals surface area contributed by atoms with Gasteiger partial charge in [-0.2, -0.15) is 0 Å². The third kappa shape index (κ3) is 4.66. The number of nitrogens with zero attached hydrogens (tertiary/aromatic N) is 1. The smallest absolute Gasteiger partial charge is 0.254 e. The normalized spacial score (nSPS) is 10.2. The second-order valence-corrected chi connectivity index (χ2v) is 5.90. The van der Waals surface area contributed by atoms with Crippen molar-refractivity contribution in [3.63, 3.8) is 0 Å². The van der Waals surface area contributed by atoms with Gasteiger partial charge in [-0.25, -0.2) is 4.39 Å². The van der Waals surface area contributed by atoms with Crippen LogP contribution in [-0.4, -0.2) is 24.5 Å². The number of ether oxygens (including phenoxy) is 1. The van der Waals surface area contributed by atoms with Gasteiger partial charge in [0.05, 0.1) is 7.11 Å². The quantitative estimate of drug-likeness (QED) is 0.697. The second-order valence-electron chi connectivity index (χ2n) is 4.98. The Morgan fingerprint density at radius 3 is 2.57 bits per heavy atom. The fraction of sp³-hybridized carbons (Fsp3) is 0.167. The van der Waals surface area contributed by atoms with E-state index in [4.69, 9.17) is 4.74 Å². The Morgan fingerprint density at radius 2 is 2.00 bits per heavy atom. The predicted octanol–water partition coefficient (Wildman–Crippen LogP) is 4.43. The highest BCUT2D eigenvalue weighted by Crippen LogP contribution is 2.18. The number of rotatable bonds is 6. The number of amides is 1. The number of methoxy groups -OCH3 is 1. The lowest BCUT2D eigenvalue weighted by atomic mass is 10.1. The highest BCUT2D eigenvalue weighted by atomic mass is 79.9. The Kier molecular flexibility index (Phi) is 5.93. The van der Waals surface area contributed by atoms with Crippen LogP contribution in [-0.2, 0) is 6.54 Å². The standard InChI is InChI=1S/C18H17BrFNO2/c1-3-8-21(12-13-4-6-17(23-2)7-5-13)18(22)14-9-15(19)11-16(20)10-14/h3-7,9-11H,1,8,12H2,2H3. The van der Waals surface area contributed by atoms with Gasteiger partial charge in [0.15, 0.2) is 0 Å². The first-order valence-corrected chi connectivity index (χ1v) is 7.82. The summed E-state index contributed by atoms with van der Waals surface area (Å²) in [6.45, 7) is 4.46. The first-order chi connectivity index (χ1) is 11.0. The van der Waals surface area contributed by atoms with E-state index in [0.717, 1.165) is 11.3 Å². The Hall–Kier alpha value is -2.14. The van der Waals surface area contributed by atoms with Crippen molar-refractivity contribution >= 4 is 21.8 Å². The van der Waals surface area contributed by atoms with Gasteiger partial charge < -0.3 is 9.64 Å². The van der Waals surface area contributed by atoms with Gasteiger partial charge in [-0.05, 0) is 35.9 Å². The molecule has 2 aromatic rings. The van der Waals surface area contributed by atoms with Crippen molar-refractivity contribution in [1.29, 1.82) is 0 Å². The summed E-state index contributed by atoms with van der Waals surface area (Å²) in [5, 5.41) is 0. The Bertz CT molecular complexity index is 680. The monoisotopic (exact) mass is 377 g/mol. The minimum absolute atomic E-state index is 0.249. The van der Waals surface area contributed by atoms with Crippen LogP contribution in [0.3, 0.4) is 0 Å². The van der Waals surface area contributed by atoms with Gasteiger partial charge in [-0.1, -0.05) is 34.1 Å². The van der Waals surface area contributed by atoms with Crippen LogP contribution >= 0.6 is 15.9 Å². The summed E-state index contributed by atoms with van der Waals surface area (Å²) >= 11 is 3.21. The fourth-order valence-corrected chi connectivity index (χ4v) is 2.65. The van der Waals surface area contributed by atoms with Crippen LogP contribution in [0.2, 0.25) is 0 Å². The van der Waals surface area contributed by atoms with Crippen molar-refractivity contribution < 1.29 is 13.9 Å². The molecule has 0 fully saturated rings. The van der Waals surface area contributed by atoms with Crippen LogP contribution < -0.4 is 4.74 Å². The summed E-state index contributed by atoms with van der Waals surface area (Å²) in [4.78, 5) is 14.2. The molecule has 0 N–H and O–H groups in total.